The van der Waals surface area contributed by atoms with E-state index in [0.717, 1.165) is 0 Å². The third kappa shape index (κ3) is 4.96. The van der Waals surface area contributed by atoms with E-state index >= 15 is 0 Å². The lowest BCUT2D eigenvalue weighted by Crippen LogP contribution is -2.43. The first-order valence-electron chi connectivity index (χ1n) is 7.75. The molecule has 1 heterocycles. The molecule has 19 heavy (non-hydrogen) atoms. The molecule has 0 bridgehead atoms. The molecule has 0 saturated carbocycles. The fourth-order valence-electron chi connectivity index (χ4n) is 2.83. The van der Waals surface area contributed by atoms with Gasteiger partial charge in [0.1, 0.15) is 0 Å². The van der Waals surface area contributed by atoms with Crippen LogP contribution in [0.25, 0.3) is 0 Å². The lowest BCUT2D eigenvalue weighted by Gasteiger charge is -2.27. The molecule has 2 heteroatoms. The van der Waals surface area contributed by atoms with Crippen molar-refractivity contribution in [3.05, 3.63) is 34.9 Å². The number of rotatable bonds is 6. The molecule has 1 N–H and O–H groups in total. The molecule has 0 spiro atoms. The molecular formula is C17H28N2. The monoisotopic (exact) mass is 260 g/mol. The Balaban J connectivity index is 1.62. The molecule has 0 amide bonds. The number of hydrogen-bond acceptors (Lipinski definition) is 2. The summed E-state index contributed by atoms with van der Waals surface area (Å²) < 4.78 is 0. The van der Waals surface area contributed by atoms with E-state index in [0.29, 0.717) is 0 Å². The second-order valence-electron chi connectivity index (χ2n) is 5.83. The second kappa shape index (κ2) is 7.66. The topological polar surface area (TPSA) is 15.3 Å². The van der Waals surface area contributed by atoms with Crippen molar-refractivity contribution in [1.82, 2.24) is 10.2 Å². The van der Waals surface area contributed by atoms with Gasteiger partial charge < -0.3 is 10.2 Å². The largest absolute Gasteiger partial charge is 0.314 e. The van der Waals surface area contributed by atoms with Gasteiger partial charge in [-0.05, 0) is 50.8 Å². The number of nitrogens with one attached hydrogen (secondary N) is 1. The Bertz CT molecular complexity index is 381. The SMILES string of the molecule is Cc1ccc(C)c(CCCCCN2CCNCC2)c1. The van der Waals surface area contributed by atoms with Crippen LogP contribution >= 0.6 is 0 Å². The molecule has 1 aliphatic rings. The van der Waals surface area contributed by atoms with Crippen LogP contribution in [0.4, 0.5) is 0 Å². The van der Waals surface area contributed by atoms with Crippen molar-refractivity contribution in [1.29, 1.82) is 0 Å². The summed E-state index contributed by atoms with van der Waals surface area (Å²) in [4.78, 5) is 2.59. The predicted molar refractivity (Wildman–Crippen MR) is 82.8 cm³/mol. The maximum absolute atomic E-state index is 3.41. The van der Waals surface area contributed by atoms with Crippen molar-refractivity contribution in [3.63, 3.8) is 0 Å². The van der Waals surface area contributed by atoms with Crippen LogP contribution in [0, 0.1) is 13.8 Å². The molecule has 0 atom stereocenters. The van der Waals surface area contributed by atoms with Gasteiger partial charge in [0.05, 0.1) is 0 Å². The first-order valence-corrected chi connectivity index (χ1v) is 7.75. The highest BCUT2D eigenvalue weighted by Gasteiger charge is 2.08. The van der Waals surface area contributed by atoms with E-state index in [1.165, 1.54) is 69.5 Å². The van der Waals surface area contributed by atoms with Crippen LogP contribution in [-0.4, -0.2) is 37.6 Å². The van der Waals surface area contributed by atoms with Gasteiger partial charge in [-0.3, -0.25) is 0 Å². The van der Waals surface area contributed by atoms with Crippen molar-refractivity contribution in [3.8, 4) is 0 Å². The van der Waals surface area contributed by atoms with Gasteiger partial charge in [0.15, 0.2) is 0 Å². The molecule has 0 radical (unpaired) electrons. The highest BCUT2D eigenvalue weighted by atomic mass is 15.2. The lowest BCUT2D eigenvalue weighted by molar-refractivity contribution is 0.236. The minimum Gasteiger partial charge on any atom is -0.314 e. The zero-order valence-electron chi connectivity index (χ0n) is 12.5. The fraction of sp³-hybridized carbons (Fsp3) is 0.647. The molecule has 2 rings (SSSR count). The van der Waals surface area contributed by atoms with Gasteiger partial charge in [-0.25, -0.2) is 0 Å². The van der Waals surface area contributed by atoms with E-state index in [9.17, 15) is 0 Å². The third-order valence-corrected chi connectivity index (χ3v) is 4.13. The van der Waals surface area contributed by atoms with E-state index in [2.05, 4.69) is 42.3 Å². The Morgan fingerprint density at radius 1 is 1.05 bits per heavy atom. The normalized spacial score (nSPS) is 16.7. The first-order chi connectivity index (χ1) is 9.25. The van der Waals surface area contributed by atoms with Crippen molar-refractivity contribution in [2.24, 2.45) is 0 Å². The van der Waals surface area contributed by atoms with Crippen molar-refractivity contribution in [2.75, 3.05) is 32.7 Å². The zero-order valence-corrected chi connectivity index (χ0v) is 12.5. The van der Waals surface area contributed by atoms with Crippen molar-refractivity contribution in [2.45, 2.75) is 39.5 Å². The molecule has 1 aliphatic heterocycles. The summed E-state index contributed by atoms with van der Waals surface area (Å²) >= 11 is 0. The maximum Gasteiger partial charge on any atom is 0.0107 e. The Labute approximate surface area is 118 Å². The minimum atomic E-state index is 1.17. The molecule has 2 nitrogen and oxygen atoms in total. The smallest absolute Gasteiger partial charge is 0.0107 e. The zero-order chi connectivity index (χ0) is 13.5. The molecule has 0 aromatic heterocycles. The lowest BCUT2D eigenvalue weighted by atomic mass is 10.00. The highest BCUT2D eigenvalue weighted by Crippen LogP contribution is 2.14. The Morgan fingerprint density at radius 2 is 1.84 bits per heavy atom. The van der Waals surface area contributed by atoms with Crippen molar-refractivity contribution < 1.29 is 0 Å². The molecule has 1 saturated heterocycles. The third-order valence-electron chi connectivity index (χ3n) is 4.13. The van der Waals surface area contributed by atoms with Gasteiger partial charge >= 0.3 is 0 Å². The fourth-order valence-corrected chi connectivity index (χ4v) is 2.83. The maximum atomic E-state index is 3.41. The Morgan fingerprint density at radius 3 is 2.63 bits per heavy atom. The van der Waals surface area contributed by atoms with Crippen LogP contribution in [0.5, 0.6) is 0 Å². The quantitative estimate of drug-likeness (QED) is 0.791. The summed E-state index contributed by atoms with van der Waals surface area (Å²) in [5, 5.41) is 3.41. The van der Waals surface area contributed by atoms with Crippen LogP contribution in [0.1, 0.15) is 36.0 Å². The minimum absolute atomic E-state index is 1.17. The summed E-state index contributed by atoms with van der Waals surface area (Å²) in [6.45, 7) is 10.5. The molecule has 106 valence electrons. The van der Waals surface area contributed by atoms with Crippen LogP contribution in [-0.2, 0) is 6.42 Å². The summed E-state index contributed by atoms with van der Waals surface area (Å²) in [6, 6.07) is 6.82. The average molecular weight is 260 g/mol. The molecule has 0 unspecified atom stereocenters. The predicted octanol–water partition coefficient (Wildman–Crippen LogP) is 2.92. The Kier molecular flexibility index (Phi) is 5.87. The molecule has 1 aromatic rings. The molecule has 1 fully saturated rings. The van der Waals surface area contributed by atoms with Gasteiger partial charge in [-0.15, -0.1) is 0 Å². The van der Waals surface area contributed by atoms with Gasteiger partial charge in [0.2, 0.25) is 0 Å². The average Bonchev–Trinajstić information content (AvgIpc) is 2.43. The van der Waals surface area contributed by atoms with Gasteiger partial charge in [-0.1, -0.05) is 30.2 Å². The number of hydrogen-bond donors (Lipinski definition) is 1. The second-order valence-corrected chi connectivity index (χ2v) is 5.83. The summed E-state index contributed by atoms with van der Waals surface area (Å²) in [7, 11) is 0. The number of piperazine rings is 1. The Hall–Kier alpha value is -0.860. The number of benzene rings is 1. The first kappa shape index (κ1) is 14.5. The summed E-state index contributed by atoms with van der Waals surface area (Å²) in [6.07, 6.45) is 5.29. The van der Waals surface area contributed by atoms with E-state index in [1.54, 1.807) is 5.56 Å². The van der Waals surface area contributed by atoms with Crippen LogP contribution in [0.3, 0.4) is 0 Å². The number of aryl methyl sites for hydroxylation is 3. The molecule has 0 aliphatic carbocycles. The highest BCUT2D eigenvalue weighted by molar-refractivity contribution is 5.30. The number of unbranched alkanes of at least 4 members (excludes halogenated alkanes) is 2. The van der Waals surface area contributed by atoms with Crippen LogP contribution in [0.15, 0.2) is 18.2 Å². The standard InChI is InChI=1S/C17H28N2/c1-15-7-8-16(2)17(14-15)6-4-3-5-11-19-12-9-18-10-13-19/h7-8,14,18H,3-6,9-13H2,1-2H3. The molecule has 1 aromatic carbocycles. The van der Waals surface area contributed by atoms with E-state index in [-0.39, 0.29) is 0 Å². The van der Waals surface area contributed by atoms with Gasteiger partial charge in [0, 0.05) is 26.2 Å². The van der Waals surface area contributed by atoms with E-state index in [4.69, 9.17) is 0 Å². The van der Waals surface area contributed by atoms with E-state index < -0.39 is 0 Å². The van der Waals surface area contributed by atoms with Crippen LogP contribution in [0.2, 0.25) is 0 Å². The van der Waals surface area contributed by atoms with E-state index in [1.807, 2.05) is 0 Å². The summed E-state index contributed by atoms with van der Waals surface area (Å²) in [5.74, 6) is 0. The van der Waals surface area contributed by atoms with Crippen molar-refractivity contribution >= 4 is 0 Å². The van der Waals surface area contributed by atoms with Gasteiger partial charge in [-0.2, -0.15) is 0 Å². The molecular weight excluding hydrogens is 232 g/mol. The number of nitrogens with zero attached hydrogens (tertiary/aromatic N) is 1. The van der Waals surface area contributed by atoms with Crippen LogP contribution < -0.4 is 5.32 Å². The van der Waals surface area contributed by atoms with Gasteiger partial charge in [0.25, 0.3) is 0 Å². The summed E-state index contributed by atoms with van der Waals surface area (Å²) in [5.41, 5.74) is 4.39.